The molecule has 4 amide bonds. The van der Waals surface area contributed by atoms with Crippen LogP contribution < -0.4 is 21.3 Å². The highest BCUT2D eigenvalue weighted by atomic mass is 31.2. The zero-order valence-corrected chi connectivity index (χ0v) is 31.0. The molecule has 2 unspecified atom stereocenters. The van der Waals surface area contributed by atoms with Gasteiger partial charge in [-0.2, -0.15) is 0 Å². The van der Waals surface area contributed by atoms with Crippen LogP contribution in [0.25, 0.3) is 0 Å². The number of urea groups is 1. The summed E-state index contributed by atoms with van der Waals surface area (Å²) in [4.78, 5) is 76.6. The number of carbonyl (C=O) groups excluding carboxylic acids is 5. The van der Waals surface area contributed by atoms with E-state index in [0.29, 0.717) is 12.8 Å². The molecule has 0 spiro atoms. The van der Waals surface area contributed by atoms with Crippen molar-refractivity contribution >= 4 is 45.4 Å². The molecule has 0 aliphatic rings. The maximum absolute atomic E-state index is 12.2. The van der Waals surface area contributed by atoms with E-state index in [1.807, 2.05) is 0 Å². The molecule has 0 rings (SSSR count). The summed E-state index contributed by atoms with van der Waals surface area (Å²) in [5, 5.41) is 9.69. The van der Waals surface area contributed by atoms with Crippen molar-refractivity contribution in [2.75, 3.05) is 65.9 Å². The van der Waals surface area contributed by atoms with Crippen LogP contribution in [0, 0.1) is 0 Å². The Morgan fingerprint density at radius 3 is 1.26 bits per heavy atom. The molecule has 23 heteroatoms. The number of hydrogen-bond acceptors (Lipinski definition) is 15. The lowest BCUT2D eigenvalue weighted by Crippen LogP contribution is -2.40. The van der Waals surface area contributed by atoms with Crippen molar-refractivity contribution in [1.82, 2.24) is 21.3 Å². The molecule has 50 heavy (non-hydrogen) atoms. The smallest absolute Gasteiger partial charge is 0.463 e. The van der Waals surface area contributed by atoms with Gasteiger partial charge in [-0.15, -0.1) is 0 Å². The van der Waals surface area contributed by atoms with Crippen molar-refractivity contribution in [3.63, 3.8) is 0 Å². The van der Waals surface area contributed by atoms with Crippen molar-refractivity contribution in [3.05, 3.63) is 0 Å². The Balaban J connectivity index is 4.35. The summed E-state index contributed by atoms with van der Waals surface area (Å²) in [7, 11) is -9.16. The first-order chi connectivity index (χ1) is 23.3. The third-order valence-corrected chi connectivity index (χ3v) is 7.65. The minimum atomic E-state index is -4.58. The summed E-state index contributed by atoms with van der Waals surface area (Å²) in [6, 6.07) is -2.34. The van der Waals surface area contributed by atoms with Crippen molar-refractivity contribution in [3.8, 4) is 0 Å². The Morgan fingerprint density at radius 1 is 0.580 bits per heavy atom. The molecular weight excluding hydrogens is 714 g/mol. The maximum atomic E-state index is 12.2. The predicted octanol–water partition coefficient (Wildman–Crippen LogP) is 0.279. The monoisotopic (exact) mass is 766 g/mol. The fourth-order valence-corrected chi connectivity index (χ4v) is 5.16. The number of phosphoric acid groups is 2. The summed E-state index contributed by atoms with van der Waals surface area (Å²) in [6.07, 6.45) is 0.0156. The summed E-state index contributed by atoms with van der Waals surface area (Å²) >= 11 is 0. The molecule has 0 fully saturated rings. The standard InChI is InChI=1S/C27H52N4O17P2/c1-19(47-23(5)34)7-11-41-15-25(30-21(3)32)17-45-49(37,38)43-13-9-28-27(36)29-10-14-44-50(39,40)46-18-26(31-22(4)33)16-42-12-8-20(2)48-24(6)35/h19-20,25-26H,7-18H2,1-6H3,(H,30,32)(H,31,33)(H,37,38)(H,39,40)(H2,28,29,36)/t19-,20-,25-,26-/m1/s1. The molecule has 0 aromatic heterocycles. The molecule has 0 aliphatic heterocycles. The van der Waals surface area contributed by atoms with Gasteiger partial charge in [0.25, 0.3) is 0 Å². The third-order valence-electron chi connectivity index (χ3n) is 5.69. The van der Waals surface area contributed by atoms with Crippen LogP contribution in [0.4, 0.5) is 4.79 Å². The first kappa shape index (κ1) is 47.3. The number of phosphoric ester groups is 2. The van der Waals surface area contributed by atoms with Crippen molar-refractivity contribution in [2.24, 2.45) is 0 Å². The lowest BCUT2D eigenvalue weighted by atomic mass is 10.3. The van der Waals surface area contributed by atoms with E-state index in [0.717, 1.165) is 0 Å². The molecule has 0 saturated heterocycles. The van der Waals surface area contributed by atoms with Crippen LogP contribution in [-0.4, -0.2) is 130 Å². The van der Waals surface area contributed by atoms with Crippen LogP contribution in [0.1, 0.15) is 54.4 Å². The van der Waals surface area contributed by atoms with Crippen molar-refractivity contribution < 1.29 is 79.9 Å². The fraction of sp³-hybridized carbons (Fsp3) is 0.815. The highest BCUT2D eigenvalue weighted by Gasteiger charge is 2.25. The molecule has 0 aromatic carbocycles. The van der Waals surface area contributed by atoms with Crippen molar-refractivity contribution in [2.45, 2.75) is 78.7 Å². The van der Waals surface area contributed by atoms with E-state index in [4.69, 9.17) is 37.0 Å². The minimum Gasteiger partial charge on any atom is -0.463 e. The van der Waals surface area contributed by atoms with Gasteiger partial charge in [0, 0.05) is 53.6 Å². The van der Waals surface area contributed by atoms with Gasteiger partial charge < -0.3 is 50.0 Å². The zero-order chi connectivity index (χ0) is 38.2. The molecule has 0 aliphatic carbocycles. The largest absolute Gasteiger partial charge is 0.472 e. The zero-order valence-electron chi connectivity index (χ0n) is 29.2. The number of carbonyl (C=O) groups is 5. The van der Waals surface area contributed by atoms with Gasteiger partial charge in [0.05, 0.1) is 64.9 Å². The van der Waals surface area contributed by atoms with Crippen LogP contribution in [-0.2, 0) is 65.4 Å². The molecular formula is C27H52N4O17P2. The van der Waals surface area contributed by atoms with E-state index in [1.54, 1.807) is 13.8 Å². The van der Waals surface area contributed by atoms with Gasteiger partial charge in [0.15, 0.2) is 0 Å². The molecule has 0 radical (unpaired) electrons. The Kier molecular flexibility index (Phi) is 24.7. The van der Waals surface area contributed by atoms with Gasteiger partial charge >= 0.3 is 33.6 Å². The SMILES string of the molecule is CC(=O)N[C@H](COCC[C@@H](C)OC(C)=O)COP(=O)(O)OCCNC(=O)NCCOP(=O)(O)OC[C@@H](COCC[C@@H](C)OC(C)=O)NC(C)=O. The highest BCUT2D eigenvalue weighted by Crippen LogP contribution is 2.43. The van der Waals surface area contributed by atoms with Gasteiger partial charge in [-0.1, -0.05) is 0 Å². The topological polar surface area (TPSA) is 282 Å². The molecule has 6 N–H and O–H groups in total. The fourth-order valence-electron chi connectivity index (χ4n) is 3.63. The summed E-state index contributed by atoms with van der Waals surface area (Å²) < 4.78 is 64.7. The Bertz CT molecular complexity index is 1060. The average molecular weight is 767 g/mol. The molecule has 0 heterocycles. The number of ether oxygens (including phenoxy) is 4. The number of esters is 2. The summed E-state index contributed by atoms with van der Waals surface area (Å²) in [5.41, 5.74) is 0. The van der Waals surface area contributed by atoms with E-state index < -0.39 is 83.9 Å². The quantitative estimate of drug-likeness (QED) is 0.0354. The number of hydrogen-bond donors (Lipinski definition) is 6. The van der Waals surface area contributed by atoms with Crippen molar-refractivity contribution in [1.29, 1.82) is 0 Å². The first-order valence-electron chi connectivity index (χ1n) is 15.6. The van der Waals surface area contributed by atoms with Gasteiger partial charge in [0.1, 0.15) is 12.2 Å². The van der Waals surface area contributed by atoms with E-state index in [9.17, 15) is 42.9 Å². The van der Waals surface area contributed by atoms with Crippen LogP contribution in [0.3, 0.4) is 0 Å². The average Bonchev–Trinajstić information content (AvgIpc) is 2.98. The second kappa shape index (κ2) is 26.1. The summed E-state index contributed by atoms with van der Waals surface area (Å²) in [5.74, 6) is -1.73. The molecule has 0 bridgehead atoms. The molecule has 292 valence electrons. The lowest BCUT2D eigenvalue weighted by Gasteiger charge is -2.20. The Labute approximate surface area is 291 Å². The Morgan fingerprint density at radius 2 is 0.940 bits per heavy atom. The van der Waals surface area contributed by atoms with Gasteiger partial charge in [-0.05, 0) is 13.8 Å². The molecule has 0 aromatic rings. The number of nitrogens with one attached hydrogen (secondary N) is 4. The lowest BCUT2D eigenvalue weighted by molar-refractivity contribution is -0.147. The second-order valence-electron chi connectivity index (χ2n) is 10.7. The first-order valence-corrected chi connectivity index (χ1v) is 18.6. The van der Waals surface area contributed by atoms with Crippen LogP contribution in [0.2, 0.25) is 0 Å². The van der Waals surface area contributed by atoms with E-state index in [-0.39, 0.29) is 51.7 Å². The van der Waals surface area contributed by atoms with Crippen LogP contribution >= 0.6 is 15.6 Å². The number of amides is 4. The van der Waals surface area contributed by atoms with Gasteiger partial charge in [-0.25, -0.2) is 13.9 Å². The highest BCUT2D eigenvalue weighted by molar-refractivity contribution is 7.47. The maximum Gasteiger partial charge on any atom is 0.472 e. The van der Waals surface area contributed by atoms with E-state index >= 15 is 0 Å². The van der Waals surface area contributed by atoms with Gasteiger partial charge in [-0.3, -0.25) is 37.3 Å². The molecule has 21 nitrogen and oxygen atoms in total. The third kappa shape index (κ3) is 29.1. The molecule has 0 saturated carbocycles. The summed E-state index contributed by atoms with van der Waals surface area (Å²) in [6.45, 7) is 6.48. The van der Waals surface area contributed by atoms with E-state index in [2.05, 4.69) is 21.3 Å². The van der Waals surface area contributed by atoms with Gasteiger partial charge in [0.2, 0.25) is 11.8 Å². The normalized spacial score (nSPS) is 16.0. The Hall–Kier alpha value is -2.71. The predicted molar refractivity (Wildman–Crippen MR) is 173 cm³/mol. The minimum absolute atomic E-state index is 0.0665. The number of rotatable bonds is 28. The van der Waals surface area contributed by atoms with Crippen LogP contribution in [0.15, 0.2) is 0 Å². The van der Waals surface area contributed by atoms with Crippen LogP contribution in [0.5, 0.6) is 0 Å². The second-order valence-corrected chi connectivity index (χ2v) is 13.6. The van der Waals surface area contributed by atoms with E-state index in [1.165, 1.54) is 27.7 Å². The molecule has 6 atom stereocenters.